The van der Waals surface area contributed by atoms with Crippen LogP contribution in [0.4, 0.5) is 19.7 Å². The summed E-state index contributed by atoms with van der Waals surface area (Å²) in [6.07, 6.45) is -0.458. The highest BCUT2D eigenvalue weighted by Gasteiger charge is 2.32. The number of carbonyl (C=O) groups excluding carboxylic acids is 1. The second-order valence-electron chi connectivity index (χ2n) is 5.70. The average molecular weight is 376 g/mol. The number of carbonyl (C=O) groups is 2. The molecule has 0 bridgehead atoms. The number of anilines is 1. The maximum Gasteiger partial charge on any atom is 0.414 e. The van der Waals surface area contributed by atoms with Gasteiger partial charge in [0.25, 0.3) is 0 Å². The summed E-state index contributed by atoms with van der Waals surface area (Å²) in [7, 11) is 0. The molecule has 8 heteroatoms. The van der Waals surface area contributed by atoms with Crippen LogP contribution >= 0.6 is 11.8 Å². The molecule has 0 saturated carbocycles. The van der Waals surface area contributed by atoms with Crippen LogP contribution in [0, 0.1) is 5.82 Å². The lowest BCUT2D eigenvalue weighted by Gasteiger charge is -2.14. The van der Waals surface area contributed by atoms with E-state index in [0.717, 1.165) is 10.5 Å². The van der Waals surface area contributed by atoms with Gasteiger partial charge in [0.05, 0.1) is 18.8 Å². The Morgan fingerprint density at radius 3 is 2.69 bits per heavy atom. The first-order chi connectivity index (χ1) is 12.5. The van der Waals surface area contributed by atoms with Crippen LogP contribution in [0.5, 0.6) is 0 Å². The minimum absolute atomic E-state index is 0.0140. The molecule has 1 heterocycles. The second kappa shape index (κ2) is 7.65. The van der Waals surface area contributed by atoms with Gasteiger partial charge in [0, 0.05) is 10.5 Å². The molecule has 2 amide bonds. The molecular formula is C18H17FN2O4S. The van der Waals surface area contributed by atoms with E-state index in [1.807, 2.05) is 30.5 Å². The molecule has 1 fully saturated rings. The van der Waals surface area contributed by atoms with E-state index in [4.69, 9.17) is 9.84 Å². The van der Waals surface area contributed by atoms with Gasteiger partial charge >= 0.3 is 12.2 Å². The minimum atomic E-state index is -1.19. The predicted molar refractivity (Wildman–Crippen MR) is 97.3 cm³/mol. The number of amides is 2. The van der Waals surface area contributed by atoms with Crippen LogP contribution in [0.1, 0.15) is 0 Å². The van der Waals surface area contributed by atoms with Gasteiger partial charge in [-0.15, -0.1) is 11.8 Å². The number of ether oxygens (including phenoxy) is 1. The first kappa shape index (κ1) is 18.1. The quantitative estimate of drug-likeness (QED) is 0.776. The Labute approximate surface area is 154 Å². The van der Waals surface area contributed by atoms with E-state index < -0.39 is 24.1 Å². The number of nitrogens with zero attached hydrogens (tertiary/aromatic N) is 1. The fourth-order valence-corrected chi connectivity index (χ4v) is 3.12. The van der Waals surface area contributed by atoms with Gasteiger partial charge in [-0.25, -0.2) is 14.0 Å². The summed E-state index contributed by atoms with van der Waals surface area (Å²) in [5.41, 5.74) is 1.56. The fraction of sp³-hybridized carbons (Fsp3) is 0.222. The number of carboxylic acid groups (broad SMARTS) is 1. The van der Waals surface area contributed by atoms with Crippen molar-refractivity contribution in [3.8, 4) is 11.1 Å². The molecule has 26 heavy (non-hydrogen) atoms. The van der Waals surface area contributed by atoms with Crippen LogP contribution in [-0.4, -0.2) is 42.7 Å². The molecule has 0 radical (unpaired) electrons. The molecule has 1 aliphatic heterocycles. The number of halogens is 1. The highest BCUT2D eigenvalue weighted by Crippen LogP contribution is 2.30. The number of thioether (sulfide) groups is 1. The molecular weight excluding hydrogens is 359 g/mol. The van der Waals surface area contributed by atoms with Crippen LogP contribution < -0.4 is 10.2 Å². The SMILES string of the molecule is CSc1ccc(-c2ccc(N3CC(CNC(=O)O)OC3=O)cc2F)cc1. The average Bonchev–Trinajstić information content (AvgIpc) is 3.01. The lowest BCUT2D eigenvalue weighted by Crippen LogP contribution is -2.33. The molecule has 1 saturated heterocycles. The summed E-state index contributed by atoms with van der Waals surface area (Å²) in [6.45, 7) is 0.139. The molecule has 136 valence electrons. The van der Waals surface area contributed by atoms with E-state index in [0.29, 0.717) is 11.3 Å². The predicted octanol–water partition coefficient (Wildman–Crippen LogP) is 3.81. The topological polar surface area (TPSA) is 78.9 Å². The fourth-order valence-electron chi connectivity index (χ4n) is 2.72. The molecule has 0 aromatic heterocycles. The van der Waals surface area contributed by atoms with Gasteiger partial charge in [0.2, 0.25) is 0 Å². The zero-order chi connectivity index (χ0) is 18.7. The van der Waals surface area contributed by atoms with Gasteiger partial charge in [-0.3, -0.25) is 4.90 Å². The zero-order valence-corrected chi connectivity index (χ0v) is 14.8. The van der Waals surface area contributed by atoms with Crippen molar-refractivity contribution in [2.45, 2.75) is 11.0 Å². The second-order valence-corrected chi connectivity index (χ2v) is 6.57. The smallest absolute Gasteiger partial charge is 0.414 e. The highest BCUT2D eigenvalue weighted by molar-refractivity contribution is 7.98. The van der Waals surface area contributed by atoms with E-state index in [1.54, 1.807) is 23.9 Å². The molecule has 1 aliphatic rings. The van der Waals surface area contributed by atoms with Crippen molar-refractivity contribution in [2.75, 3.05) is 24.2 Å². The summed E-state index contributed by atoms with van der Waals surface area (Å²) in [5, 5.41) is 10.8. The zero-order valence-electron chi connectivity index (χ0n) is 13.9. The van der Waals surface area contributed by atoms with E-state index in [2.05, 4.69) is 5.32 Å². The third-order valence-corrected chi connectivity index (χ3v) is 4.76. The van der Waals surface area contributed by atoms with E-state index in [-0.39, 0.29) is 13.1 Å². The molecule has 1 atom stereocenters. The molecule has 2 N–H and O–H groups in total. The number of hydrogen-bond acceptors (Lipinski definition) is 4. The first-order valence-electron chi connectivity index (χ1n) is 7.87. The Kier molecular flexibility index (Phi) is 5.32. The summed E-state index contributed by atoms with van der Waals surface area (Å²) in [4.78, 5) is 24.9. The van der Waals surface area contributed by atoms with Gasteiger partial charge in [0.15, 0.2) is 0 Å². The maximum absolute atomic E-state index is 14.6. The molecule has 1 unspecified atom stereocenters. The Morgan fingerprint density at radius 2 is 2.08 bits per heavy atom. The van der Waals surface area contributed by atoms with E-state index in [9.17, 15) is 14.0 Å². The summed E-state index contributed by atoms with van der Waals surface area (Å²) in [6, 6.07) is 12.1. The van der Waals surface area contributed by atoms with Gasteiger partial charge < -0.3 is 15.2 Å². The van der Waals surface area contributed by atoms with Gasteiger partial charge in [-0.1, -0.05) is 12.1 Å². The Morgan fingerprint density at radius 1 is 1.35 bits per heavy atom. The number of cyclic esters (lactones) is 1. The van der Waals surface area contributed by atoms with Crippen molar-refractivity contribution < 1.29 is 23.8 Å². The molecule has 2 aromatic carbocycles. The molecule has 0 aliphatic carbocycles. The van der Waals surface area contributed by atoms with Crippen molar-refractivity contribution in [3.63, 3.8) is 0 Å². The van der Waals surface area contributed by atoms with Crippen molar-refractivity contribution in [2.24, 2.45) is 0 Å². The van der Waals surface area contributed by atoms with E-state index >= 15 is 0 Å². The largest absolute Gasteiger partial charge is 0.465 e. The van der Waals surface area contributed by atoms with Crippen molar-refractivity contribution in [1.29, 1.82) is 0 Å². The monoisotopic (exact) mass is 376 g/mol. The number of hydrogen-bond donors (Lipinski definition) is 2. The number of rotatable bonds is 5. The third-order valence-electron chi connectivity index (χ3n) is 4.02. The summed E-state index contributed by atoms with van der Waals surface area (Å²) < 4.78 is 19.7. The first-order valence-corrected chi connectivity index (χ1v) is 9.09. The van der Waals surface area contributed by atoms with Gasteiger partial charge in [-0.2, -0.15) is 0 Å². The van der Waals surface area contributed by atoms with Crippen molar-refractivity contribution >= 4 is 29.6 Å². The van der Waals surface area contributed by atoms with Gasteiger partial charge in [0.1, 0.15) is 11.9 Å². The Hall–Kier alpha value is -2.74. The molecule has 2 aromatic rings. The third kappa shape index (κ3) is 3.91. The van der Waals surface area contributed by atoms with Crippen LogP contribution in [0.15, 0.2) is 47.4 Å². The summed E-state index contributed by atoms with van der Waals surface area (Å²) in [5.74, 6) is -0.445. The lowest BCUT2D eigenvalue weighted by molar-refractivity contribution is 0.136. The van der Waals surface area contributed by atoms with Crippen molar-refractivity contribution in [3.05, 3.63) is 48.3 Å². The van der Waals surface area contributed by atoms with Crippen molar-refractivity contribution in [1.82, 2.24) is 5.32 Å². The standard InChI is InChI=1S/C18H17FN2O4S/c1-26-14-5-2-11(3-6-14)15-7-4-12(8-16(15)19)21-10-13(25-18(21)24)9-20-17(22)23/h2-8,13,20H,9-10H2,1H3,(H,22,23). The number of benzene rings is 2. The molecule has 3 rings (SSSR count). The maximum atomic E-state index is 14.6. The molecule has 0 spiro atoms. The summed E-state index contributed by atoms with van der Waals surface area (Å²) >= 11 is 1.61. The van der Waals surface area contributed by atoms with Crippen LogP contribution in [0.2, 0.25) is 0 Å². The lowest BCUT2D eigenvalue weighted by atomic mass is 10.0. The van der Waals surface area contributed by atoms with Crippen LogP contribution in [-0.2, 0) is 4.74 Å². The Balaban J connectivity index is 1.76. The van der Waals surface area contributed by atoms with Crippen LogP contribution in [0.3, 0.4) is 0 Å². The molecule has 6 nitrogen and oxygen atoms in total. The Bertz CT molecular complexity index is 828. The number of nitrogens with one attached hydrogen (secondary N) is 1. The van der Waals surface area contributed by atoms with Crippen LogP contribution in [0.25, 0.3) is 11.1 Å². The normalized spacial score (nSPS) is 16.5. The minimum Gasteiger partial charge on any atom is -0.465 e. The highest BCUT2D eigenvalue weighted by atomic mass is 32.2. The van der Waals surface area contributed by atoms with Gasteiger partial charge in [-0.05, 0) is 42.2 Å². The van der Waals surface area contributed by atoms with E-state index in [1.165, 1.54) is 11.0 Å².